The highest BCUT2D eigenvalue weighted by atomic mass is 31.2. The quantitative estimate of drug-likeness (QED) is 0.616. The zero-order chi connectivity index (χ0) is 9.35. The average Bonchev–Trinajstić information content (AvgIpc) is 2.31. The zero-order valence-electron chi connectivity index (χ0n) is 7.01. The van der Waals surface area contributed by atoms with Crippen molar-refractivity contribution < 1.29 is 23.8 Å². The van der Waals surface area contributed by atoms with Crippen LogP contribution in [0.5, 0.6) is 0 Å². The average molecular weight is 196 g/mol. The van der Waals surface area contributed by atoms with Gasteiger partial charge in [-0.15, -0.1) is 0 Å². The van der Waals surface area contributed by atoms with Crippen molar-refractivity contribution in [3.8, 4) is 0 Å². The Kier molecular flexibility index (Phi) is 2.91. The van der Waals surface area contributed by atoms with Crippen LogP contribution in [-0.4, -0.2) is 35.9 Å². The molecule has 0 bridgehead atoms. The maximum absolute atomic E-state index is 11.5. The van der Waals surface area contributed by atoms with E-state index in [2.05, 4.69) is 4.52 Å². The Balaban J connectivity index is 2.80. The van der Waals surface area contributed by atoms with Gasteiger partial charge < -0.3 is 19.3 Å². The third-order valence-electron chi connectivity index (χ3n) is 2.10. The van der Waals surface area contributed by atoms with Gasteiger partial charge in [-0.25, -0.2) is 0 Å². The SMILES string of the molecule is CO[P@@]1(=O)O[C@@H](CO)[C@@H](C)[C@@H]1O. The van der Waals surface area contributed by atoms with Crippen LogP contribution in [0.25, 0.3) is 0 Å². The lowest BCUT2D eigenvalue weighted by Gasteiger charge is -2.12. The van der Waals surface area contributed by atoms with Gasteiger partial charge in [-0.1, -0.05) is 6.92 Å². The summed E-state index contributed by atoms with van der Waals surface area (Å²) < 4.78 is 21.0. The lowest BCUT2D eigenvalue weighted by Crippen LogP contribution is -2.23. The summed E-state index contributed by atoms with van der Waals surface area (Å²) in [6, 6.07) is 0. The molecule has 1 aliphatic heterocycles. The molecule has 6 heteroatoms. The Morgan fingerprint density at radius 1 is 1.67 bits per heavy atom. The summed E-state index contributed by atoms with van der Waals surface area (Å²) in [6.45, 7) is 1.40. The van der Waals surface area contributed by atoms with Crippen LogP contribution in [-0.2, 0) is 13.6 Å². The van der Waals surface area contributed by atoms with Gasteiger partial charge in [-0.05, 0) is 0 Å². The minimum absolute atomic E-state index is 0.258. The molecule has 0 aromatic carbocycles. The zero-order valence-corrected chi connectivity index (χ0v) is 7.90. The van der Waals surface area contributed by atoms with Crippen molar-refractivity contribution in [3.63, 3.8) is 0 Å². The minimum atomic E-state index is -3.38. The molecule has 0 aliphatic carbocycles. The maximum atomic E-state index is 11.5. The molecule has 72 valence electrons. The first-order chi connectivity index (χ1) is 5.55. The van der Waals surface area contributed by atoms with E-state index in [1.165, 1.54) is 7.11 Å². The largest absolute Gasteiger partial charge is 0.394 e. The van der Waals surface area contributed by atoms with E-state index in [0.29, 0.717) is 0 Å². The van der Waals surface area contributed by atoms with Crippen LogP contribution in [0.1, 0.15) is 6.92 Å². The molecule has 0 aromatic heterocycles. The van der Waals surface area contributed by atoms with Crippen LogP contribution >= 0.6 is 7.60 Å². The Morgan fingerprint density at radius 2 is 2.25 bits per heavy atom. The van der Waals surface area contributed by atoms with Crippen LogP contribution in [0.2, 0.25) is 0 Å². The fourth-order valence-electron chi connectivity index (χ4n) is 1.18. The molecule has 12 heavy (non-hydrogen) atoms. The highest BCUT2D eigenvalue weighted by Gasteiger charge is 2.50. The molecule has 0 radical (unpaired) electrons. The molecule has 4 atom stereocenters. The first-order valence-corrected chi connectivity index (χ1v) is 5.29. The van der Waals surface area contributed by atoms with Gasteiger partial charge in [0.1, 0.15) is 0 Å². The Labute approximate surface area is 70.8 Å². The maximum Gasteiger partial charge on any atom is 0.359 e. The molecule has 2 N–H and O–H groups in total. The molecule has 1 saturated heterocycles. The highest BCUT2D eigenvalue weighted by molar-refractivity contribution is 7.54. The van der Waals surface area contributed by atoms with Crippen LogP contribution < -0.4 is 0 Å². The van der Waals surface area contributed by atoms with Crippen molar-refractivity contribution in [2.75, 3.05) is 13.7 Å². The van der Waals surface area contributed by atoms with Gasteiger partial charge in [-0.3, -0.25) is 4.57 Å². The predicted molar refractivity (Wildman–Crippen MR) is 41.7 cm³/mol. The van der Waals surface area contributed by atoms with Gasteiger partial charge in [0.05, 0.1) is 12.7 Å². The Morgan fingerprint density at radius 3 is 2.50 bits per heavy atom. The van der Waals surface area contributed by atoms with Gasteiger partial charge in [0.25, 0.3) is 0 Å². The minimum Gasteiger partial charge on any atom is -0.394 e. The van der Waals surface area contributed by atoms with Gasteiger partial charge in [0.2, 0.25) is 0 Å². The summed E-state index contributed by atoms with van der Waals surface area (Å²) in [5.74, 6) is -1.49. The monoisotopic (exact) mass is 196 g/mol. The number of hydrogen-bond donors (Lipinski definition) is 2. The van der Waals surface area contributed by atoms with E-state index < -0.39 is 19.5 Å². The van der Waals surface area contributed by atoms with E-state index in [1.54, 1.807) is 6.92 Å². The molecule has 0 aromatic rings. The Bertz CT molecular complexity index is 206. The van der Waals surface area contributed by atoms with E-state index in [9.17, 15) is 9.67 Å². The molecular formula is C6H13O5P. The molecule has 1 heterocycles. The standard InChI is InChI=1S/C6H13O5P/c1-4-5(3-7)11-12(9,10-2)6(4)8/h4-8H,3H2,1-2H3/t4-,5+,6-,12-/m1/s1. The van der Waals surface area contributed by atoms with Gasteiger partial charge in [0, 0.05) is 13.0 Å². The van der Waals surface area contributed by atoms with E-state index in [4.69, 9.17) is 9.63 Å². The second kappa shape index (κ2) is 3.44. The summed E-state index contributed by atoms with van der Waals surface area (Å²) in [5.41, 5.74) is 0. The van der Waals surface area contributed by atoms with E-state index >= 15 is 0 Å². The molecule has 0 saturated carbocycles. The third kappa shape index (κ3) is 1.43. The fraction of sp³-hybridized carbons (Fsp3) is 1.00. The first-order valence-electron chi connectivity index (χ1n) is 3.68. The van der Waals surface area contributed by atoms with Crippen molar-refractivity contribution in [2.45, 2.75) is 18.9 Å². The Hall–Kier alpha value is 0.0700. The van der Waals surface area contributed by atoms with Crippen molar-refractivity contribution in [3.05, 3.63) is 0 Å². The molecule has 5 nitrogen and oxygen atoms in total. The summed E-state index contributed by atoms with van der Waals surface area (Å²) >= 11 is 0. The number of hydrogen-bond acceptors (Lipinski definition) is 5. The summed E-state index contributed by atoms with van der Waals surface area (Å²) in [7, 11) is -2.16. The van der Waals surface area contributed by atoms with Gasteiger partial charge in [0.15, 0.2) is 5.85 Å². The number of rotatable bonds is 2. The smallest absolute Gasteiger partial charge is 0.359 e. The number of aliphatic hydroxyl groups is 2. The third-order valence-corrected chi connectivity index (χ3v) is 4.29. The molecule has 1 rings (SSSR count). The van der Waals surface area contributed by atoms with E-state index in [1.807, 2.05) is 0 Å². The van der Waals surface area contributed by atoms with Crippen molar-refractivity contribution in [1.82, 2.24) is 0 Å². The van der Waals surface area contributed by atoms with Gasteiger partial charge in [-0.2, -0.15) is 0 Å². The van der Waals surface area contributed by atoms with Crippen molar-refractivity contribution in [1.29, 1.82) is 0 Å². The summed E-state index contributed by atoms with van der Waals surface area (Å²) in [5, 5.41) is 18.2. The fourth-order valence-corrected chi connectivity index (χ4v) is 3.01. The van der Waals surface area contributed by atoms with Gasteiger partial charge >= 0.3 is 7.60 Å². The van der Waals surface area contributed by atoms with Crippen molar-refractivity contribution >= 4 is 7.60 Å². The van der Waals surface area contributed by atoms with Crippen LogP contribution in [0, 0.1) is 5.92 Å². The topological polar surface area (TPSA) is 76.0 Å². The van der Waals surface area contributed by atoms with Crippen molar-refractivity contribution in [2.24, 2.45) is 5.92 Å². The molecule has 1 fully saturated rings. The van der Waals surface area contributed by atoms with E-state index in [-0.39, 0.29) is 12.5 Å². The molecule has 0 unspecified atom stereocenters. The number of aliphatic hydroxyl groups excluding tert-OH is 2. The molecular weight excluding hydrogens is 183 g/mol. The molecule has 1 aliphatic rings. The van der Waals surface area contributed by atoms with Crippen LogP contribution in [0.4, 0.5) is 0 Å². The van der Waals surface area contributed by atoms with E-state index in [0.717, 1.165) is 0 Å². The molecule has 0 spiro atoms. The molecule has 0 amide bonds. The lowest BCUT2D eigenvalue weighted by molar-refractivity contribution is 0.0804. The normalized spacial score (nSPS) is 48.2. The second-order valence-corrected chi connectivity index (χ2v) is 5.01. The summed E-state index contributed by atoms with van der Waals surface area (Å²) in [6.07, 6.45) is -0.592. The predicted octanol–water partition coefficient (Wildman–Crippen LogP) is 0.171. The van der Waals surface area contributed by atoms with Crippen LogP contribution in [0.15, 0.2) is 0 Å². The highest BCUT2D eigenvalue weighted by Crippen LogP contribution is 2.60. The lowest BCUT2D eigenvalue weighted by atomic mass is 10.1. The van der Waals surface area contributed by atoms with Crippen LogP contribution in [0.3, 0.4) is 0 Å². The first kappa shape index (κ1) is 10.2. The second-order valence-electron chi connectivity index (χ2n) is 2.82. The summed E-state index contributed by atoms with van der Waals surface area (Å²) in [4.78, 5) is 0.